The van der Waals surface area contributed by atoms with E-state index in [1.807, 2.05) is 30.5 Å². The van der Waals surface area contributed by atoms with E-state index in [1.54, 1.807) is 28.8 Å². The molecular weight excluding hydrogens is 418 g/mol. The Labute approximate surface area is 179 Å². The third-order valence-electron chi connectivity index (χ3n) is 5.70. The van der Waals surface area contributed by atoms with Gasteiger partial charge in [-0.1, -0.05) is 30.2 Å². The summed E-state index contributed by atoms with van der Waals surface area (Å²) >= 11 is 1.60. The number of sulfone groups is 1. The molecule has 0 saturated carbocycles. The molecule has 0 amide bonds. The lowest BCUT2D eigenvalue weighted by Gasteiger charge is -2.22. The molecule has 1 aliphatic heterocycles. The Balaban J connectivity index is 1.75. The van der Waals surface area contributed by atoms with Crippen LogP contribution in [0.15, 0.2) is 39.6 Å². The summed E-state index contributed by atoms with van der Waals surface area (Å²) < 4.78 is 29.6. The molecule has 5 rings (SSSR count). The highest BCUT2D eigenvalue weighted by Crippen LogP contribution is 2.34. The average Bonchev–Trinajstić information content (AvgIpc) is 3.29. The van der Waals surface area contributed by atoms with Gasteiger partial charge in [0.2, 0.25) is 14.9 Å². The summed E-state index contributed by atoms with van der Waals surface area (Å²) in [6, 6.07) is 7.37. The summed E-state index contributed by atoms with van der Waals surface area (Å²) in [7, 11) is -3.85. The molecule has 4 aromatic rings. The maximum Gasteiger partial charge on any atom is 0.229 e. The van der Waals surface area contributed by atoms with Gasteiger partial charge in [-0.15, -0.1) is 16.4 Å². The zero-order valence-electron chi connectivity index (χ0n) is 17.0. The van der Waals surface area contributed by atoms with Crippen LogP contribution in [0, 0.1) is 13.8 Å². The fourth-order valence-corrected chi connectivity index (χ4v) is 6.53. The molecule has 156 valence electrons. The lowest BCUT2D eigenvalue weighted by atomic mass is 10.2. The van der Waals surface area contributed by atoms with Gasteiger partial charge in [0.15, 0.2) is 11.5 Å². The molecule has 0 N–H and O–H groups in total. The van der Waals surface area contributed by atoms with Crippen molar-refractivity contribution in [2.24, 2.45) is 0 Å². The van der Waals surface area contributed by atoms with E-state index in [9.17, 15) is 8.42 Å². The van der Waals surface area contributed by atoms with Crippen molar-refractivity contribution in [3.8, 4) is 0 Å². The average molecular weight is 442 g/mol. The monoisotopic (exact) mass is 441 g/mol. The first-order valence-corrected chi connectivity index (χ1v) is 12.5. The van der Waals surface area contributed by atoms with Crippen molar-refractivity contribution in [3.05, 3.63) is 40.8 Å². The van der Waals surface area contributed by atoms with Crippen LogP contribution < -0.4 is 4.90 Å². The molecule has 30 heavy (non-hydrogen) atoms. The van der Waals surface area contributed by atoms with E-state index in [2.05, 4.69) is 15.2 Å². The van der Waals surface area contributed by atoms with Crippen LogP contribution in [0.4, 0.5) is 5.82 Å². The molecule has 1 saturated heterocycles. The molecule has 7 nitrogen and oxygen atoms in total. The van der Waals surface area contributed by atoms with E-state index in [4.69, 9.17) is 4.98 Å². The number of hydrogen-bond acceptors (Lipinski definition) is 7. The normalized spacial score (nSPS) is 15.7. The summed E-state index contributed by atoms with van der Waals surface area (Å²) in [5.74, 6) is 0.842. The molecule has 0 unspecified atom stereocenters. The predicted molar refractivity (Wildman–Crippen MR) is 118 cm³/mol. The maximum atomic E-state index is 13.5. The van der Waals surface area contributed by atoms with Crippen LogP contribution in [0.25, 0.3) is 15.9 Å². The van der Waals surface area contributed by atoms with Gasteiger partial charge in [0, 0.05) is 13.1 Å². The van der Waals surface area contributed by atoms with Crippen LogP contribution in [0.1, 0.15) is 36.8 Å². The number of benzene rings is 1. The molecule has 1 aromatic carbocycles. The number of fused-ring (bicyclic) bond motifs is 3. The third-order valence-corrected chi connectivity index (χ3v) is 8.39. The molecule has 0 atom stereocenters. The first-order valence-electron chi connectivity index (χ1n) is 10.2. The van der Waals surface area contributed by atoms with Crippen molar-refractivity contribution in [3.63, 3.8) is 0 Å². The fraction of sp³-hybridized carbons (Fsp3) is 0.381. The van der Waals surface area contributed by atoms with Gasteiger partial charge in [0.25, 0.3) is 0 Å². The van der Waals surface area contributed by atoms with Gasteiger partial charge in [-0.3, -0.25) is 0 Å². The number of nitrogens with zero attached hydrogens (tertiary/aromatic N) is 5. The summed E-state index contributed by atoms with van der Waals surface area (Å²) in [5.41, 5.74) is 2.71. The molecular formula is C21H23N5O2S2. The SMILES string of the molecule is Cc1ccc(C)c(S(=O)(=O)c2nnn3c2nc(N2CCCCCC2)c2sccc23)c1. The second kappa shape index (κ2) is 7.31. The van der Waals surface area contributed by atoms with Crippen molar-refractivity contribution < 1.29 is 8.42 Å². The molecule has 1 aliphatic rings. The van der Waals surface area contributed by atoms with E-state index < -0.39 is 9.84 Å². The quantitative estimate of drug-likeness (QED) is 0.475. The zero-order valence-corrected chi connectivity index (χ0v) is 18.6. The summed E-state index contributed by atoms with van der Waals surface area (Å²) in [6.45, 7) is 5.53. The van der Waals surface area contributed by atoms with Gasteiger partial charge in [-0.2, -0.15) is 4.52 Å². The molecule has 9 heteroatoms. The predicted octanol–water partition coefficient (Wildman–Crippen LogP) is 4.17. The topological polar surface area (TPSA) is 80.5 Å². The minimum atomic E-state index is -3.85. The van der Waals surface area contributed by atoms with Crippen LogP contribution >= 0.6 is 11.3 Å². The highest BCUT2D eigenvalue weighted by atomic mass is 32.2. The molecule has 0 aliphatic carbocycles. The van der Waals surface area contributed by atoms with E-state index in [0.717, 1.165) is 47.5 Å². The molecule has 1 fully saturated rings. The molecule has 0 radical (unpaired) electrons. The van der Waals surface area contributed by atoms with Crippen molar-refractivity contribution in [1.29, 1.82) is 0 Å². The van der Waals surface area contributed by atoms with Crippen molar-refractivity contribution in [2.75, 3.05) is 18.0 Å². The van der Waals surface area contributed by atoms with Crippen molar-refractivity contribution >= 4 is 42.9 Å². The Morgan fingerprint density at radius 1 is 1.03 bits per heavy atom. The van der Waals surface area contributed by atoms with Gasteiger partial charge < -0.3 is 4.90 Å². The minimum Gasteiger partial charge on any atom is -0.355 e. The van der Waals surface area contributed by atoms with Crippen molar-refractivity contribution in [2.45, 2.75) is 49.5 Å². The Bertz CT molecular complexity index is 1350. The highest BCUT2D eigenvalue weighted by molar-refractivity contribution is 7.91. The molecule has 0 bridgehead atoms. The number of hydrogen-bond donors (Lipinski definition) is 0. The van der Waals surface area contributed by atoms with Gasteiger partial charge >= 0.3 is 0 Å². The standard InChI is InChI=1S/C21H23N5O2S2/c1-14-7-8-15(2)17(13-14)30(27,28)21-20-22-19(25-10-5-3-4-6-11-25)18-16(9-12-29-18)26(20)24-23-21/h7-9,12-13H,3-6,10-11H2,1-2H3. The molecule has 4 heterocycles. The highest BCUT2D eigenvalue weighted by Gasteiger charge is 2.29. The second-order valence-corrected chi connectivity index (χ2v) is 10.6. The Hall–Kier alpha value is -2.52. The summed E-state index contributed by atoms with van der Waals surface area (Å²) in [4.78, 5) is 7.38. The zero-order chi connectivity index (χ0) is 20.9. The van der Waals surface area contributed by atoms with E-state index >= 15 is 0 Å². The van der Waals surface area contributed by atoms with Crippen LogP contribution in [0.3, 0.4) is 0 Å². The number of rotatable bonds is 3. The minimum absolute atomic E-state index is 0.0830. The van der Waals surface area contributed by atoms with Gasteiger partial charge in [-0.05, 0) is 55.3 Å². The third kappa shape index (κ3) is 3.07. The number of aryl methyl sites for hydroxylation is 2. The summed E-state index contributed by atoms with van der Waals surface area (Å²) in [6.07, 6.45) is 4.66. The lowest BCUT2D eigenvalue weighted by Crippen LogP contribution is -2.25. The van der Waals surface area contributed by atoms with Gasteiger partial charge in [-0.25, -0.2) is 13.4 Å². The molecule has 3 aromatic heterocycles. The van der Waals surface area contributed by atoms with Crippen LogP contribution in [0.2, 0.25) is 0 Å². The number of aromatic nitrogens is 4. The smallest absolute Gasteiger partial charge is 0.229 e. The van der Waals surface area contributed by atoms with Crippen molar-refractivity contribution in [1.82, 2.24) is 19.8 Å². The largest absolute Gasteiger partial charge is 0.355 e. The fourth-order valence-electron chi connectivity index (χ4n) is 4.08. The maximum absolute atomic E-state index is 13.5. The number of anilines is 1. The summed E-state index contributed by atoms with van der Waals surface area (Å²) in [5, 5.41) is 10.2. The second-order valence-electron chi connectivity index (χ2n) is 7.87. The van der Waals surface area contributed by atoms with Gasteiger partial charge in [0.1, 0.15) is 0 Å². The Morgan fingerprint density at radius 3 is 2.57 bits per heavy atom. The first kappa shape index (κ1) is 19.4. The Morgan fingerprint density at radius 2 is 1.80 bits per heavy atom. The first-order chi connectivity index (χ1) is 14.5. The lowest BCUT2D eigenvalue weighted by molar-refractivity contribution is 0.592. The van der Waals surface area contributed by atoms with Gasteiger partial charge in [0.05, 0.1) is 15.1 Å². The van der Waals surface area contributed by atoms with Crippen LogP contribution in [-0.4, -0.2) is 41.3 Å². The Kier molecular flexibility index (Phi) is 4.74. The van der Waals surface area contributed by atoms with E-state index in [-0.39, 0.29) is 9.92 Å². The van der Waals surface area contributed by atoms with E-state index in [0.29, 0.717) is 11.2 Å². The van der Waals surface area contributed by atoms with Crippen LogP contribution in [-0.2, 0) is 9.84 Å². The van der Waals surface area contributed by atoms with Crippen LogP contribution in [0.5, 0.6) is 0 Å². The molecule has 0 spiro atoms. The van der Waals surface area contributed by atoms with E-state index in [1.165, 1.54) is 12.8 Å². The number of thiophene rings is 1.